The first-order valence-corrected chi connectivity index (χ1v) is 7.29. The molecule has 0 bridgehead atoms. The van der Waals surface area contributed by atoms with Gasteiger partial charge in [-0.15, -0.1) is 0 Å². The normalized spacial score (nSPS) is 24.7. The van der Waals surface area contributed by atoms with Gasteiger partial charge in [-0.25, -0.2) is 10.0 Å². The van der Waals surface area contributed by atoms with Crippen LogP contribution in [0.15, 0.2) is 24.3 Å². The van der Waals surface area contributed by atoms with Crippen molar-refractivity contribution in [3.05, 3.63) is 29.3 Å². The number of benzene rings is 1. The molecule has 0 spiro atoms. The summed E-state index contributed by atoms with van der Waals surface area (Å²) in [6.45, 7) is 0. The summed E-state index contributed by atoms with van der Waals surface area (Å²) in [6, 6.07) is 6.73. The molecule has 2 unspecified atom stereocenters. The van der Waals surface area contributed by atoms with Crippen LogP contribution >= 0.6 is 43.5 Å². The van der Waals surface area contributed by atoms with E-state index in [-0.39, 0.29) is 11.8 Å². The van der Waals surface area contributed by atoms with Crippen LogP contribution in [0.1, 0.15) is 0 Å². The van der Waals surface area contributed by atoms with Gasteiger partial charge in [0.25, 0.3) is 11.8 Å². The van der Waals surface area contributed by atoms with E-state index in [1.807, 2.05) is 0 Å². The summed E-state index contributed by atoms with van der Waals surface area (Å²) >= 11 is 12.2. The van der Waals surface area contributed by atoms with E-state index in [4.69, 9.17) is 11.6 Å². The van der Waals surface area contributed by atoms with E-state index < -0.39 is 9.65 Å². The van der Waals surface area contributed by atoms with Crippen molar-refractivity contribution in [1.29, 1.82) is 0 Å². The van der Waals surface area contributed by atoms with Crippen molar-refractivity contribution in [3.63, 3.8) is 0 Å². The standard InChI is InChI=1S/C11H9Br2ClN2O2/c1-15-10(17)8(12)9(13)11(18)16(15)7-4-2-6(14)3-5-7/h2-5,8-9H,1H3. The first-order valence-electron chi connectivity index (χ1n) is 5.08. The summed E-state index contributed by atoms with van der Waals surface area (Å²) in [4.78, 5) is 23.0. The van der Waals surface area contributed by atoms with Crippen LogP contribution in [0.5, 0.6) is 0 Å². The number of anilines is 1. The van der Waals surface area contributed by atoms with Gasteiger partial charge in [-0.05, 0) is 24.3 Å². The average molecular weight is 396 g/mol. The molecular formula is C11H9Br2ClN2O2. The molecule has 0 aliphatic carbocycles. The topological polar surface area (TPSA) is 40.6 Å². The Morgan fingerprint density at radius 1 is 1.06 bits per heavy atom. The predicted molar refractivity (Wildman–Crippen MR) is 77.1 cm³/mol. The van der Waals surface area contributed by atoms with E-state index in [2.05, 4.69) is 31.9 Å². The quantitative estimate of drug-likeness (QED) is 0.685. The Morgan fingerprint density at radius 3 is 2.11 bits per heavy atom. The minimum atomic E-state index is -0.586. The molecule has 0 saturated carbocycles. The molecule has 2 amide bonds. The monoisotopic (exact) mass is 394 g/mol. The van der Waals surface area contributed by atoms with Gasteiger partial charge >= 0.3 is 0 Å². The minimum absolute atomic E-state index is 0.188. The lowest BCUT2D eigenvalue weighted by Gasteiger charge is -2.39. The highest BCUT2D eigenvalue weighted by atomic mass is 79.9. The molecule has 1 fully saturated rings. The summed E-state index contributed by atoms with van der Waals surface area (Å²) in [7, 11) is 1.56. The molecule has 18 heavy (non-hydrogen) atoms. The van der Waals surface area contributed by atoms with Crippen LogP contribution in [0.2, 0.25) is 5.02 Å². The van der Waals surface area contributed by atoms with Crippen molar-refractivity contribution >= 4 is 61.0 Å². The lowest BCUT2D eigenvalue weighted by atomic mass is 10.2. The van der Waals surface area contributed by atoms with Gasteiger partial charge in [0, 0.05) is 12.1 Å². The summed E-state index contributed by atoms with van der Waals surface area (Å²) in [5.74, 6) is -0.396. The van der Waals surface area contributed by atoms with Gasteiger partial charge in [-0.1, -0.05) is 43.5 Å². The van der Waals surface area contributed by atoms with Crippen LogP contribution in [-0.2, 0) is 9.59 Å². The third kappa shape index (κ3) is 2.29. The van der Waals surface area contributed by atoms with E-state index in [1.54, 1.807) is 31.3 Å². The Balaban J connectivity index is 2.39. The first kappa shape index (κ1) is 13.8. The highest BCUT2D eigenvalue weighted by molar-refractivity contribution is 9.12. The summed E-state index contributed by atoms with van der Waals surface area (Å²) in [5, 5.41) is 3.20. The Morgan fingerprint density at radius 2 is 1.56 bits per heavy atom. The van der Waals surface area contributed by atoms with Gasteiger partial charge in [-0.3, -0.25) is 9.59 Å². The minimum Gasteiger partial charge on any atom is -0.272 e. The van der Waals surface area contributed by atoms with Gasteiger partial charge in [-0.2, -0.15) is 0 Å². The summed E-state index contributed by atoms with van der Waals surface area (Å²) in [5.41, 5.74) is 0.601. The van der Waals surface area contributed by atoms with Crippen LogP contribution < -0.4 is 5.01 Å². The Labute approximate surface area is 126 Å². The van der Waals surface area contributed by atoms with Gasteiger partial charge in [0.05, 0.1) is 5.69 Å². The van der Waals surface area contributed by atoms with E-state index in [0.717, 1.165) is 0 Å². The Bertz CT molecular complexity index is 494. The molecule has 1 aromatic rings. The molecule has 1 saturated heterocycles. The van der Waals surface area contributed by atoms with Crippen molar-refractivity contribution in [2.24, 2.45) is 0 Å². The molecule has 0 N–H and O–H groups in total. The van der Waals surface area contributed by atoms with Crippen molar-refractivity contribution in [3.8, 4) is 0 Å². The van der Waals surface area contributed by atoms with Crippen molar-refractivity contribution in [2.75, 3.05) is 12.1 Å². The molecule has 1 aliphatic rings. The second-order valence-corrected chi connectivity index (χ2v) is 6.20. The lowest BCUT2D eigenvalue weighted by molar-refractivity contribution is -0.139. The van der Waals surface area contributed by atoms with Crippen molar-refractivity contribution in [2.45, 2.75) is 9.65 Å². The Hall–Kier alpha value is -0.590. The second kappa shape index (κ2) is 5.19. The Kier molecular flexibility index (Phi) is 3.99. The second-order valence-electron chi connectivity index (χ2n) is 3.79. The van der Waals surface area contributed by atoms with E-state index in [1.165, 1.54) is 10.0 Å². The maximum atomic E-state index is 12.2. The number of carbonyl (C=O) groups excluding carboxylic acids is 2. The highest BCUT2D eigenvalue weighted by Crippen LogP contribution is 2.29. The van der Waals surface area contributed by atoms with Gasteiger partial charge in [0.1, 0.15) is 9.65 Å². The average Bonchev–Trinajstić information content (AvgIpc) is 2.36. The summed E-state index contributed by atoms with van der Waals surface area (Å²) in [6.07, 6.45) is 0. The van der Waals surface area contributed by atoms with Crippen LogP contribution in [0.3, 0.4) is 0 Å². The van der Waals surface area contributed by atoms with E-state index in [0.29, 0.717) is 10.7 Å². The van der Waals surface area contributed by atoms with E-state index >= 15 is 0 Å². The number of amides is 2. The van der Waals surface area contributed by atoms with Crippen molar-refractivity contribution < 1.29 is 9.59 Å². The zero-order valence-corrected chi connectivity index (χ0v) is 13.2. The van der Waals surface area contributed by atoms with Crippen LogP contribution in [0.25, 0.3) is 0 Å². The number of hydrogen-bond acceptors (Lipinski definition) is 2. The number of hydrazine groups is 1. The molecule has 1 heterocycles. The lowest BCUT2D eigenvalue weighted by Crippen LogP contribution is -2.60. The largest absolute Gasteiger partial charge is 0.272 e. The molecule has 2 rings (SSSR count). The molecule has 96 valence electrons. The number of nitrogens with zero attached hydrogens (tertiary/aromatic N) is 2. The number of hydrogen-bond donors (Lipinski definition) is 0. The van der Waals surface area contributed by atoms with E-state index in [9.17, 15) is 9.59 Å². The molecule has 0 radical (unpaired) electrons. The van der Waals surface area contributed by atoms with Gasteiger partial charge in [0.15, 0.2) is 0 Å². The molecule has 4 nitrogen and oxygen atoms in total. The highest BCUT2D eigenvalue weighted by Gasteiger charge is 2.43. The molecule has 0 aromatic heterocycles. The zero-order chi connectivity index (χ0) is 13.4. The number of carbonyl (C=O) groups is 2. The van der Waals surface area contributed by atoms with Crippen LogP contribution in [0.4, 0.5) is 5.69 Å². The fourth-order valence-electron chi connectivity index (χ4n) is 1.67. The van der Waals surface area contributed by atoms with Gasteiger partial charge < -0.3 is 0 Å². The van der Waals surface area contributed by atoms with Gasteiger partial charge in [0.2, 0.25) is 0 Å². The smallest absolute Gasteiger partial charge is 0.261 e. The number of halogens is 3. The third-order valence-electron chi connectivity index (χ3n) is 2.63. The number of rotatable bonds is 1. The first-order chi connectivity index (χ1) is 8.43. The third-order valence-corrected chi connectivity index (χ3v) is 5.43. The molecular weight excluding hydrogens is 387 g/mol. The SMILES string of the molecule is CN1C(=O)C(Br)C(Br)C(=O)N1c1ccc(Cl)cc1. The maximum Gasteiger partial charge on any atom is 0.261 e. The molecule has 1 aliphatic heterocycles. The maximum absolute atomic E-state index is 12.2. The fourth-order valence-corrected chi connectivity index (χ4v) is 2.74. The molecule has 1 aromatic carbocycles. The summed E-state index contributed by atoms with van der Waals surface area (Å²) < 4.78 is 0. The van der Waals surface area contributed by atoms with Crippen LogP contribution in [-0.4, -0.2) is 33.5 Å². The molecule has 2 atom stereocenters. The molecule has 7 heteroatoms. The zero-order valence-electron chi connectivity index (χ0n) is 9.31. The number of alkyl halides is 2. The van der Waals surface area contributed by atoms with Crippen molar-refractivity contribution in [1.82, 2.24) is 5.01 Å². The fraction of sp³-hybridized carbons (Fsp3) is 0.273. The van der Waals surface area contributed by atoms with Crippen LogP contribution in [0, 0.1) is 0 Å². The predicted octanol–water partition coefficient (Wildman–Crippen LogP) is 2.59.